The number of fused-ring (bicyclic) bond motifs is 1. The predicted octanol–water partition coefficient (Wildman–Crippen LogP) is 2.26. The van der Waals surface area contributed by atoms with Crippen LogP contribution in [0.25, 0.3) is 10.9 Å². The quantitative estimate of drug-likeness (QED) is 0.715. The number of ether oxygens (including phenoxy) is 2. The number of benzene rings is 1. The van der Waals surface area contributed by atoms with Gasteiger partial charge >= 0.3 is 0 Å². The zero-order valence-corrected chi connectivity index (χ0v) is 9.01. The average Bonchev–Trinajstić information content (AvgIpc) is 2.69. The third-order valence-corrected chi connectivity index (χ3v) is 2.55. The fraction of sp³-hybridized carbons (Fsp3) is 0.333. The molecule has 0 aliphatic heterocycles. The lowest BCUT2D eigenvalue weighted by molar-refractivity contribution is -0.110. The van der Waals surface area contributed by atoms with Gasteiger partial charge in [-0.1, -0.05) is 18.2 Å². The van der Waals surface area contributed by atoms with Crippen molar-refractivity contribution in [1.82, 2.24) is 4.57 Å². The van der Waals surface area contributed by atoms with Gasteiger partial charge in [0.15, 0.2) is 6.29 Å². The number of methoxy groups -OCH3 is 2. The molecule has 0 N–H and O–H groups in total. The summed E-state index contributed by atoms with van der Waals surface area (Å²) in [5.74, 6) is 0. The zero-order valence-electron chi connectivity index (χ0n) is 9.01. The summed E-state index contributed by atoms with van der Waals surface area (Å²) >= 11 is 0. The van der Waals surface area contributed by atoms with Crippen LogP contribution in [0.1, 0.15) is 0 Å². The van der Waals surface area contributed by atoms with E-state index in [4.69, 9.17) is 9.47 Å². The van der Waals surface area contributed by atoms with Gasteiger partial charge in [0.25, 0.3) is 0 Å². The van der Waals surface area contributed by atoms with Crippen LogP contribution in [0.4, 0.5) is 0 Å². The van der Waals surface area contributed by atoms with Gasteiger partial charge in [-0.3, -0.25) is 0 Å². The van der Waals surface area contributed by atoms with E-state index in [0.717, 1.165) is 0 Å². The Bertz CT molecular complexity index is 432. The Kier molecular flexibility index (Phi) is 3.04. The van der Waals surface area contributed by atoms with Crippen molar-refractivity contribution < 1.29 is 9.47 Å². The average molecular weight is 205 g/mol. The molecule has 0 radical (unpaired) electrons. The molecule has 1 heterocycles. The van der Waals surface area contributed by atoms with Gasteiger partial charge in [-0.15, -0.1) is 0 Å². The fourth-order valence-electron chi connectivity index (χ4n) is 1.71. The highest BCUT2D eigenvalue weighted by molar-refractivity contribution is 5.79. The van der Waals surface area contributed by atoms with Gasteiger partial charge in [-0.25, -0.2) is 0 Å². The molecule has 3 heteroatoms. The molecule has 80 valence electrons. The minimum atomic E-state index is -0.194. The highest BCUT2D eigenvalue weighted by Gasteiger charge is 2.07. The molecule has 2 aromatic rings. The standard InChI is InChI=1S/C12H15NO2/c1-14-12(15-2)9-13-8-7-10-5-3-4-6-11(10)13/h3-8,12H,9H2,1-2H3. The Morgan fingerprint density at radius 2 is 1.87 bits per heavy atom. The van der Waals surface area contributed by atoms with Gasteiger partial charge in [0.1, 0.15) is 0 Å². The number of hydrogen-bond acceptors (Lipinski definition) is 2. The van der Waals surface area contributed by atoms with Gasteiger partial charge < -0.3 is 14.0 Å². The third-order valence-electron chi connectivity index (χ3n) is 2.55. The van der Waals surface area contributed by atoms with Gasteiger partial charge in [0, 0.05) is 25.9 Å². The Labute approximate surface area is 89.2 Å². The van der Waals surface area contributed by atoms with Crippen LogP contribution in [0, 0.1) is 0 Å². The Morgan fingerprint density at radius 1 is 1.13 bits per heavy atom. The van der Waals surface area contributed by atoms with Gasteiger partial charge in [-0.05, 0) is 17.5 Å². The van der Waals surface area contributed by atoms with E-state index in [9.17, 15) is 0 Å². The Morgan fingerprint density at radius 3 is 2.60 bits per heavy atom. The zero-order chi connectivity index (χ0) is 10.7. The highest BCUT2D eigenvalue weighted by Crippen LogP contribution is 2.15. The van der Waals surface area contributed by atoms with Crippen molar-refractivity contribution in [3.05, 3.63) is 36.5 Å². The van der Waals surface area contributed by atoms with Crippen LogP contribution < -0.4 is 0 Å². The lowest BCUT2D eigenvalue weighted by atomic mass is 10.2. The topological polar surface area (TPSA) is 23.4 Å². The van der Waals surface area contributed by atoms with Gasteiger partial charge in [0.05, 0.1) is 6.54 Å². The molecule has 0 bridgehead atoms. The summed E-state index contributed by atoms with van der Waals surface area (Å²) in [4.78, 5) is 0. The Balaban J connectivity index is 2.28. The normalized spacial score (nSPS) is 11.4. The molecule has 0 amide bonds. The van der Waals surface area contributed by atoms with Crippen LogP contribution in [0.15, 0.2) is 36.5 Å². The Hall–Kier alpha value is -1.32. The van der Waals surface area contributed by atoms with E-state index < -0.39 is 0 Å². The molecule has 0 fully saturated rings. The molecule has 3 nitrogen and oxygen atoms in total. The van der Waals surface area contributed by atoms with E-state index in [2.05, 4.69) is 29.0 Å². The van der Waals surface area contributed by atoms with E-state index in [1.54, 1.807) is 14.2 Å². The van der Waals surface area contributed by atoms with E-state index in [1.165, 1.54) is 10.9 Å². The van der Waals surface area contributed by atoms with E-state index >= 15 is 0 Å². The van der Waals surface area contributed by atoms with Crippen LogP contribution in [0.2, 0.25) is 0 Å². The molecule has 0 saturated carbocycles. The van der Waals surface area contributed by atoms with Crippen molar-refractivity contribution in [3.8, 4) is 0 Å². The first kappa shape index (κ1) is 10.2. The molecule has 0 saturated heterocycles. The SMILES string of the molecule is COC(Cn1ccc2ccccc21)OC. The minimum absolute atomic E-state index is 0.194. The van der Waals surface area contributed by atoms with Crippen LogP contribution in [-0.2, 0) is 16.0 Å². The van der Waals surface area contributed by atoms with Crippen molar-refractivity contribution in [2.75, 3.05) is 14.2 Å². The van der Waals surface area contributed by atoms with E-state index in [0.29, 0.717) is 6.54 Å². The molecule has 0 atom stereocenters. The smallest absolute Gasteiger partial charge is 0.174 e. The summed E-state index contributed by atoms with van der Waals surface area (Å²) in [5.41, 5.74) is 1.21. The molecule has 0 aliphatic carbocycles. The van der Waals surface area contributed by atoms with Gasteiger partial charge in [-0.2, -0.15) is 0 Å². The van der Waals surface area contributed by atoms with Crippen molar-refractivity contribution >= 4 is 10.9 Å². The predicted molar refractivity (Wildman–Crippen MR) is 59.7 cm³/mol. The maximum atomic E-state index is 5.18. The van der Waals surface area contributed by atoms with Crippen molar-refractivity contribution in [2.24, 2.45) is 0 Å². The number of para-hydroxylation sites is 1. The van der Waals surface area contributed by atoms with E-state index in [1.807, 2.05) is 12.1 Å². The summed E-state index contributed by atoms with van der Waals surface area (Å²) in [7, 11) is 3.31. The van der Waals surface area contributed by atoms with E-state index in [-0.39, 0.29) is 6.29 Å². The second-order valence-corrected chi connectivity index (χ2v) is 3.43. The number of aromatic nitrogens is 1. The van der Waals surface area contributed by atoms with Crippen LogP contribution >= 0.6 is 0 Å². The van der Waals surface area contributed by atoms with Crippen molar-refractivity contribution in [1.29, 1.82) is 0 Å². The number of hydrogen-bond donors (Lipinski definition) is 0. The molecule has 2 rings (SSSR count). The maximum Gasteiger partial charge on any atom is 0.174 e. The molecule has 0 unspecified atom stereocenters. The lowest BCUT2D eigenvalue weighted by Crippen LogP contribution is -2.19. The number of rotatable bonds is 4. The number of nitrogens with zero attached hydrogens (tertiary/aromatic N) is 1. The first-order chi connectivity index (χ1) is 7.35. The fourth-order valence-corrected chi connectivity index (χ4v) is 1.71. The summed E-state index contributed by atoms with van der Waals surface area (Å²) in [6, 6.07) is 10.4. The van der Waals surface area contributed by atoms with Crippen LogP contribution in [0.5, 0.6) is 0 Å². The first-order valence-corrected chi connectivity index (χ1v) is 4.94. The van der Waals surface area contributed by atoms with Crippen molar-refractivity contribution in [3.63, 3.8) is 0 Å². The molecule has 1 aromatic carbocycles. The summed E-state index contributed by atoms with van der Waals surface area (Å²) < 4.78 is 12.5. The molecular weight excluding hydrogens is 190 g/mol. The summed E-state index contributed by atoms with van der Waals surface area (Å²) in [6.07, 6.45) is 1.86. The molecule has 0 spiro atoms. The van der Waals surface area contributed by atoms with Crippen LogP contribution in [0.3, 0.4) is 0 Å². The minimum Gasteiger partial charge on any atom is -0.354 e. The monoisotopic (exact) mass is 205 g/mol. The molecule has 1 aromatic heterocycles. The van der Waals surface area contributed by atoms with Gasteiger partial charge in [0.2, 0.25) is 0 Å². The maximum absolute atomic E-state index is 5.18. The first-order valence-electron chi connectivity index (χ1n) is 4.94. The second kappa shape index (κ2) is 4.47. The molecular formula is C12H15NO2. The largest absolute Gasteiger partial charge is 0.354 e. The molecule has 0 aliphatic rings. The summed E-state index contributed by atoms with van der Waals surface area (Å²) in [6.45, 7) is 0.709. The van der Waals surface area contributed by atoms with Crippen molar-refractivity contribution in [2.45, 2.75) is 12.8 Å². The highest BCUT2D eigenvalue weighted by atomic mass is 16.7. The molecule has 15 heavy (non-hydrogen) atoms. The lowest BCUT2D eigenvalue weighted by Gasteiger charge is -2.14. The third kappa shape index (κ3) is 2.03. The van der Waals surface area contributed by atoms with Crippen LogP contribution in [-0.4, -0.2) is 25.1 Å². The summed E-state index contributed by atoms with van der Waals surface area (Å²) in [5, 5.41) is 1.24. The second-order valence-electron chi connectivity index (χ2n) is 3.43.